The number of carbonyl (C=O) groups excluding carboxylic acids is 4. The first-order valence-electron chi connectivity index (χ1n) is 8.63. The van der Waals surface area contributed by atoms with Gasteiger partial charge in [0, 0.05) is 27.7 Å². The van der Waals surface area contributed by atoms with E-state index in [-0.39, 0.29) is 6.61 Å². The van der Waals surface area contributed by atoms with Crippen LogP contribution in [-0.2, 0) is 42.9 Å². The van der Waals surface area contributed by atoms with Gasteiger partial charge in [0.25, 0.3) is 0 Å². The van der Waals surface area contributed by atoms with E-state index in [1.165, 1.54) is 27.7 Å². The molecule has 0 bridgehead atoms. The minimum atomic E-state index is -1.12. The molecule has 9 heteroatoms. The quantitative estimate of drug-likeness (QED) is 0.505. The summed E-state index contributed by atoms with van der Waals surface area (Å²) in [6.45, 7) is 10.2. The van der Waals surface area contributed by atoms with Gasteiger partial charge in [-0.2, -0.15) is 0 Å². The summed E-state index contributed by atoms with van der Waals surface area (Å²) in [7, 11) is 0. The van der Waals surface area contributed by atoms with Crippen LogP contribution in [0.15, 0.2) is 0 Å². The molecule has 9 nitrogen and oxygen atoms in total. The molecule has 1 aliphatic heterocycles. The summed E-state index contributed by atoms with van der Waals surface area (Å²) < 4.78 is 27.1. The van der Waals surface area contributed by atoms with Gasteiger partial charge in [-0.25, -0.2) is 0 Å². The highest BCUT2D eigenvalue weighted by Gasteiger charge is 2.54. The van der Waals surface area contributed by atoms with Gasteiger partial charge in [-0.15, -0.1) is 0 Å². The van der Waals surface area contributed by atoms with Gasteiger partial charge >= 0.3 is 23.9 Å². The molecule has 0 aliphatic carbocycles. The maximum atomic E-state index is 11.7. The van der Waals surface area contributed by atoms with Crippen molar-refractivity contribution in [1.82, 2.24) is 0 Å². The van der Waals surface area contributed by atoms with E-state index in [0.717, 1.165) is 0 Å². The molecular weight excluding hydrogens is 360 g/mol. The molecule has 0 saturated carbocycles. The minimum absolute atomic E-state index is 0.218. The van der Waals surface area contributed by atoms with E-state index in [9.17, 15) is 19.2 Å². The number of esters is 4. The van der Waals surface area contributed by atoms with Crippen LogP contribution in [0.5, 0.6) is 0 Å². The lowest BCUT2D eigenvalue weighted by molar-refractivity contribution is -0.267. The first kappa shape index (κ1) is 22.9. The lowest BCUT2D eigenvalue weighted by Crippen LogP contribution is -2.64. The zero-order chi connectivity index (χ0) is 20.9. The minimum Gasteiger partial charge on any atom is -0.463 e. The average Bonchev–Trinajstić information content (AvgIpc) is 2.46. The summed E-state index contributed by atoms with van der Waals surface area (Å²) in [6, 6.07) is 0. The third kappa shape index (κ3) is 6.82. The second-order valence-corrected chi connectivity index (χ2v) is 7.49. The monoisotopic (exact) mass is 388 g/mol. The molecule has 1 fully saturated rings. The molecule has 27 heavy (non-hydrogen) atoms. The zero-order valence-corrected chi connectivity index (χ0v) is 16.8. The van der Waals surface area contributed by atoms with Crippen molar-refractivity contribution in [2.24, 2.45) is 5.41 Å². The summed E-state index contributed by atoms with van der Waals surface area (Å²) in [5, 5.41) is 0. The molecule has 1 aliphatic rings. The van der Waals surface area contributed by atoms with Crippen LogP contribution < -0.4 is 0 Å². The molecule has 0 aromatic heterocycles. The van der Waals surface area contributed by atoms with Crippen LogP contribution in [-0.4, -0.2) is 61.0 Å². The second-order valence-electron chi connectivity index (χ2n) is 7.49. The van der Waals surface area contributed by atoms with E-state index in [1.807, 2.05) is 20.8 Å². The van der Waals surface area contributed by atoms with Gasteiger partial charge in [0.2, 0.25) is 0 Å². The molecule has 0 radical (unpaired) electrons. The molecule has 1 saturated heterocycles. The number of hydrogen-bond donors (Lipinski definition) is 0. The van der Waals surface area contributed by atoms with Gasteiger partial charge in [-0.05, 0) is 5.41 Å². The van der Waals surface area contributed by atoms with Crippen LogP contribution in [0.4, 0.5) is 0 Å². The lowest BCUT2D eigenvalue weighted by atomic mass is 9.80. The van der Waals surface area contributed by atoms with Crippen LogP contribution >= 0.6 is 0 Å². The Labute approximate surface area is 158 Å². The third-order valence-electron chi connectivity index (χ3n) is 3.84. The summed E-state index contributed by atoms with van der Waals surface area (Å²) >= 11 is 0. The van der Waals surface area contributed by atoms with Gasteiger partial charge in [0.05, 0.1) is 0 Å². The Morgan fingerprint density at radius 1 is 0.741 bits per heavy atom. The molecule has 0 spiro atoms. The highest BCUT2D eigenvalue weighted by Crippen LogP contribution is 2.37. The summed E-state index contributed by atoms with van der Waals surface area (Å²) in [4.78, 5) is 46.1. The fourth-order valence-corrected chi connectivity index (χ4v) is 2.93. The van der Waals surface area contributed by atoms with E-state index in [0.29, 0.717) is 0 Å². The first-order valence-corrected chi connectivity index (χ1v) is 8.63. The Hall–Kier alpha value is -2.16. The summed E-state index contributed by atoms with van der Waals surface area (Å²) in [5.41, 5.74) is -0.534. The SMILES string of the molecule is CC(=O)OCC1O[C@H](C(C)(C)C)C(OC(C)=O)C(OC(C)=O)[C@@H]1OC(C)=O. The smallest absolute Gasteiger partial charge is 0.303 e. The lowest BCUT2D eigenvalue weighted by Gasteiger charge is -2.48. The fourth-order valence-electron chi connectivity index (χ4n) is 2.93. The van der Waals surface area contributed by atoms with Crippen molar-refractivity contribution in [2.75, 3.05) is 6.61 Å². The van der Waals surface area contributed by atoms with Gasteiger partial charge in [0.15, 0.2) is 18.3 Å². The fraction of sp³-hybridized carbons (Fsp3) is 0.778. The Morgan fingerprint density at radius 2 is 1.19 bits per heavy atom. The largest absolute Gasteiger partial charge is 0.463 e. The highest BCUT2D eigenvalue weighted by atomic mass is 16.7. The van der Waals surface area contributed by atoms with E-state index < -0.39 is 59.8 Å². The molecule has 0 aromatic carbocycles. The number of rotatable bonds is 5. The number of carbonyl (C=O) groups is 4. The number of hydrogen-bond acceptors (Lipinski definition) is 9. The topological polar surface area (TPSA) is 114 Å². The maximum absolute atomic E-state index is 11.7. The van der Waals surface area contributed by atoms with Crippen LogP contribution in [0.3, 0.4) is 0 Å². The predicted octanol–water partition coefficient (Wildman–Crippen LogP) is 1.16. The second kappa shape index (κ2) is 9.16. The molecule has 154 valence electrons. The highest BCUT2D eigenvalue weighted by molar-refractivity contribution is 5.68. The zero-order valence-electron chi connectivity index (χ0n) is 16.8. The Morgan fingerprint density at radius 3 is 1.59 bits per heavy atom. The van der Waals surface area contributed by atoms with Crippen molar-refractivity contribution in [1.29, 1.82) is 0 Å². The molecule has 0 N–H and O–H groups in total. The van der Waals surface area contributed by atoms with Crippen molar-refractivity contribution >= 4 is 23.9 Å². The first-order chi connectivity index (χ1) is 12.3. The van der Waals surface area contributed by atoms with E-state index in [2.05, 4.69) is 0 Å². The van der Waals surface area contributed by atoms with Gasteiger partial charge in [-0.1, -0.05) is 20.8 Å². The van der Waals surface area contributed by atoms with E-state index in [4.69, 9.17) is 23.7 Å². The molecule has 1 rings (SSSR count). The van der Waals surface area contributed by atoms with Gasteiger partial charge in [-0.3, -0.25) is 19.2 Å². The number of ether oxygens (including phenoxy) is 5. The van der Waals surface area contributed by atoms with Crippen LogP contribution in [0, 0.1) is 5.41 Å². The van der Waals surface area contributed by atoms with Crippen LogP contribution in [0.25, 0.3) is 0 Å². The van der Waals surface area contributed by atoms with Crippen molar-refractivity contribution in [3.05, 3.63) is 0 Å². The Kier molecular flexibility index (Phi) is 7.77. The molecule has 0 aromatic rings. The normalized spacial score (nSPS) is 28.0. The van der Waals surface area contributed by atoms with Crippen molar-refractivity contribution < 1.29 is 42.9 Å². The third-order valence-corrected chi connectivity index (χ3v) is 3.84. The molecule has 5 atom stereocenters. The van der Waals surface area contributed by atoms with Gasteiger partial charge < -0.3 is 23.7 Å². The summed E-state index contributed by atoms with van der Waals surface area (Å²) in [5.74, 6) is -2.44. The standard InChI is InChI=1S/C18H28O9/c1-9(19)23-8-13-14(24-10(2)20)15(25-11(3)21)16(26-12(4)22)17(27-13)18(5,6)7/h13-17H,8H2,1-7H3/t13?,14-,15?,16?,17+/m1/s1. The van der Waals surface area contributed by atoms with Crippen LogP contribution in [0.2, 0.25) is 0 Å². The van der Waals surface area contributed by atoms with Crippen molar-refractivity contribution in [3.63, 3.8) is 0 Å². The molecular formula is C18H28O9. The Balaban J connectivity index is 3.36. The molecule has 3 unspecified atom stereocenters. The maximum Gasteiger partial charge on any atom is 0.303 e. The van der Waals surface area contributed by atoms with Gasteiger partial charge in [0.1, 0.15) is 18.8 Å². The van der Waals surface area contributed by atoms with E-state index >= 15 is 0 Å². The molecule has 0 amide bonds. The van der Waals surface area contributed by atoms with Crippen molar-refractivity contribution in [2.45, 2.75) is 79.0 Å². The predicted molar refractivity (Wildman–Crippen MR) is 91.4 cm³/mol. The summed E-state index contributed by atoms with van der Waals surface area (Å²) in [6.07, 6.45) is -4.86. The Bertz CT molecular complexity index is 578. The average molecular weight is 388 g/mol. The molecule has 1 heterocycles. The van der Waals surface area contributed by atoms with Crippen LogP contribution in [0.1, 0.15) is 48.5 Å². The van der Waals surface area contributed by atoms with E-state index in [1.54, 1.807) is 0 Å². The van der Waals surface area contributed by atoms with Crippen molar-refractivity contribution in [3.8, 4) is 0 Å².